The first-order valence-corrected chi connectivity index (χ1v) is 8.27. The second-order valence-electron chi connectivity index (χ2n) is 4.88. The molecule has 5 nitrogen and oxygen atoms in total. The highest BCUT2D eigenvalue weighted by Gasteiger charge is 2.13. The van der Waals surface area contributed by atoms with Gasteiger partial charge in [0.2, 0.25) is 0 Å². The van der Waals surface area contributed by atoms with Gasteiger partial charge in [-0.15, -0.1) is 10.2 Å². The first-order chi connectivity index (χ1) is 12.2. The number of nitrogens with zero attached hydrogens (tertiary/aromatic N) is 2. The van der Waals surface area contributed by atoms with Gasteiger partial charge in [0, 0.05) is 5.75 Å². The summed E-state index contributed by atoms with van der Waals surface area (Å²) in [6.45, 7) is -2.83. The Labute approximate surface area is 147 Å². The minimum absolute atomic E-state index is 0.125. The quantitative estimate of drug-likeness (QED) is 0.569. The van der Waals surface area contributed by atoms with E-state index in [2.05, 4.69) is 14.9 Å². The Morgan fingerprint density at radius 2 is 1.84 bits per heavy atom. The lowest BCUT2D eigenvalue weighted by molar-refractivity contribution is -0.0498. The molecule has 0 N–H and O–H groups in total. The molecule has 3 aromatic rings. The van der Waals surface area contributed by atoms with Crippen LogP contribution >= 0.6 is 11.8 Å². The van der Waals surface area contributed by atoms with E-state index in [-0.39, 0.29) is 5.75 Å². The number of hydrogen-bond donors (Lipinski definition) is 0. The fourth-order valence-corrected chi connectivity index (χ4v) is 2.83. The van der Waals surface area contributed by atoms with Crippen molar-refractivity contribution in [2.45, 2.75) is 17.6 Å². The average Bonchev–Trinajstić information content (AvgIpc) is 3.09. The standard InChI is InChI=1S/C17H14F2N2O3S/c1-22-14-5-3-2-4-13(14)15-20-21-17(24-15)25-10-11-6-8-12(9-7-11)23-16(18)19/h2-9,16H,10H2,1H3. The Balaban J connectivity index is 1.64. The molecule has 0 unspecified atom stereocenters. The van der Waals surface area contributed by atoms with Crippen LogP contribution in [-0.4, -0.2) is 23.9 Å². The first-order valence-electron chi connectivity index (χ1n) is 7.29. The fraction of sp³-hybridized carbons (Fsp3) is 0.176. The summed E-state index contributed by atoms with van der Waals surface area (Å²) >= 11 is 1.35. The van der Waals surface area contributed by atoms with Crippen molar-refractivity contribution >= 4 is 11.8 Å². The lowest BCUT2D eigenvalue weighted by atomic mass is 10.2. The van der Waals surface area contributed by atoms with E-state index in [0.717, 1.165) is 11.1 Å². The van der Waals surface area contributed by atoms with Crippen LogP contribution in [0.1, 0.15) is 5.56 Å². The van der Waals surface area contributed by atoms with Crippen LogP contribution in [0.3, 0.4) is 0 Å². The zero-order valence-electron chi connectivity index (χ0n) is 13.2. The molecule has 0 bridgehead atoms. The number of para-hydroxylation sites is 1. The van der Waals surface area contributed by atoms with E-state index in [1.807, 2.05) is 24.3 Å². The third kappa shape index (κ3) is 4.48. The molecule has 1 aromatic heterocycles. The Kier molecular flexibility index (Phi) is 5.49. The molecule has 1 heterocycles. The Bertz CT molecular complexity index is 825. The van der Waals surface area contributed by atoms with Gasteiger partial charge in [0.25, 0.3) is 11.1 Å². The second-order valence-corrected chi connectivity index (χ2v) is 5.81. The van der Waals surface area contributed by atoms with E-state index in [4.69, 9.17) is 9.15 Å². The van der Waals surface area contributed by atoms with E-state index in [9.17, 15) is 8.78 Å². The summed E-state index contributed by atoms with van der Waals surface area (Å²) < 4.78 is 39.5. The van der Waals surface area contributed by atoms with Gasteiger partial charge in [-0.3, -0.25) is 0 Å². The van der Waals surface area contributed by atoms with Gasteiger partial charge in [-0.2, -0.15) is 8.78 Å². The largest absolute Gasteiger partial charge is 0.496 e. The summed E-state index contributed by atoms with van der Waals surface area (Å²) in [6.07, 6.45) is 0. The van der Waals surface area contributed by atoms with Crippen molar-refractivity contribution in [3.8, 4) is 23.0 Å². The van der Waals surface area contributed by atoms with E-state index < -0.39 is 6.61 Å². The zero-order valence-corrected chi connectivity index (χ0v) is 14.0. The van der Waals surface area contributed by atoms with Crippen LogP contribution in [0.2, 0.25) is 0 Å². The number of benzene rings is 2. The molecule has 0 saturated carbocycles. The third-order valence-corrected chi connectivity index (χ3v) is 4.14. The molecule has 0 atom stereocenters. The number of halogens is 2. The topological polar surface area (TPSA) is 57.4 Å². The summed E-state index contributed by atoms with van der Waals surface area (Å²) in [5, 5.41) is 8.45. The van der Waals surface area contributed by atoms with Crippen molar-refractivity contribution in [1.29, 1.82) is 0 Å². The molecule has 130 valence electrons. The van der Waals surface area contributed by atoms with Gasteiger partial charge in [-0.05, 0) is 29.8 Å². The van der Waals surface area contributed by atoms with Crippen molar-refractivity contribution in [2.24, 2.45) is 0 Å². The molecule has 0 amide bonds. The molecule has 0 fully saturated rings. The smallest absolute Gasteiger partial charge is 0.387 e. The number of thioether (sulfide) groups is 1. The van der Waals surface area contributed by atoms with Crippen LogP contribution in [0.25, 0.3) is 11.5 Å². The molecule has 0 radical (unpaired) electrons. The van der Waals surface area contributed by atoms with Gasteiger partial charge in [0.15, 0.2) is 0 Å². The van der Waals surface area contributed by atoms with Crippen molar-refractivity contribution < 1.29 is 22.7 Å². The number of rotatable bonds is 7. The molecular formula is C17H14F2N2O3S. The first kappa shape index (κ1) is 17.2. The summed E-state index contributed by atoms with van der Waals surface area (Å²) in [5.74, 6) is 1.71. The molecule has 8 heteroatoms. The molecule has 0 aliphatic heterocycles. The third-order valence-electron chi connectivity index (χ3n) is 3.25. The van der Waals surface area contributed by atoms with Crippen LogP contribution in [0.15, 0.2) is 58.2 Å². The Hall–Kier alpha value is -2.61. The SMILES string of the molecule is COc1ccccc1-c1nnc(SCc2ccc(OC(F)F)cc2)o1. The van der Waals surface area contributed by atoms with Crippen molar-refractivity contribution in [3.05, 3.63) is 54.1 Å². The van der Waals surface area contributed by atoms with Crippen molar-refractivity contribution in [2.75, 3.05) is 7.11 Å². The lowest BCUT2D eigenvalue weighted by Gasteiger charge is -2.05. The predicted octanol–water partition coefficient (Wildman–Crippen LogP) is 4.64. The molecule has 0 saturated heterocycles. The van der Waals surface area contributed by atoms with Crippen LogP contribution in [-0.2, 0) is 5.75 Å². The van der Waals surface area contributed by atoms with Crippen molar-refractivity contribution in [1.82, 2.24) is 10.2 Å². The maximum Gasteiger partial charge on any atom is 0.387 e. The highest BCUT2D eigenvalue weighted by Crippen LogP contribution is 2.31. The molecule has 0 aliphatic rings. The van der Waals surface area contributed by atoms with Crippen molar-refractivity contribution in [3.63, 3.8) is 0 Å². The fourth-order valence-electron chi connectivity index (χ4n) is 2.11. The predicted molar refractivity (Wildman–Crippen MR) is 88.9 cm³/mol. The molecule has 25 heavy (non-hydrogen) atoms. The van der Waals surface area contributed by atoms with Crippen LogP contribution in [0, 0.1) is 0 Å². The van der Waals surface area contributed by atoms with Crippen LogP contribution in [0.5, 0.6) is 11.5 Å². The number of methoxy groups -OCH3 is 1. The second kappa shape index (κ2) is 7.98. The Morgan fingerprint density at radius 1 is 1.08 bits per heavy atom. The Morgan fingerprint density at radius 3 is 2.56 bits per heavy atom. The zero-order chi connectivity index (χ0) is 17.6. The highest BCUT2D eigenvalue weighted by molar-refractivity contribution is 7.98. The monoisotopic (exact) mass is 364 g/mol. The van der Waals surface area contributed by atoms with Gasteiger partial charge < -0.3 is 13.9 Å². The number of aromatic nitrogens is 2. The normalized spacial score (nSPS) is 10.9. The molecular weight excluding hydrogens is 350 g/mol. The summed E-state index contributed by atoms with van der Waals surface area (Å²) in [5.41, 5.74) is 1.64. The van der Waals surface area contributed by atoms with E-state index in [1.54, 1.807) is 19.2 Å². The summed E-state index contributed by atoms with van der Waals surface area (Å²) in [6, 6.07) is 13.8. The summed E-state index contributed by atoms with van der Waals surface area (Å²) in [4.78, 5) is 0. The van der Waals surface area contributed by atoms with Gasteiger partial charge >= 0.3 is 6.61 Å². The number of alkyl halides is 2. The van der Waals surface area contributed by atoms with Gasteiger partial charge in [-0.25, -0.2) is 0 Å². The minimum atomic E-state index is -2.83. The van der Waals surface area contributed by atoms with Gasteiger partial charge in [0.1, 0.15) is 11.5 Å². The maximum atomic E-state index is 12.1. The highest BCUT2D eigenvalue weighted by atomic mass is 32.2. The molecule has 3 rings (SSSR count). The average molecular weight is 364 g/mol. The molecule has 0 aliphatic carbocycles. The van der Waals surface area contributed by atoms with Gasteiger partial charge in [-0.1, -0.05) is 36.0 Å². The van der Waals surface area contributed by atoms with Crippen LogP contribution < -0.4 is 9.47 Å². The van der Waals surface area contributed by atoms with Crippen LogP contribution in [0.4, 0.5) is 8.78 Å². The minimum Gasteiger partial charge on any atom is -0.496 e. The maximum absolute atomic E-state index is 12.1. The van der Waals surface area contributed by atoms with E-state index >= 15 is 0 Å². The molecule has 0 spiro atoms. The van der Waals surface area contributed by atoms with E-state index in [1.165, 1.54) is 23.9 Å². The summed E-state index contributed by atoms with van der Waals surface area (Å²) in [7, 11) is 1.58. The van der Waals surface area contributed by atoms with Gasteiger partial charge in [0.05, 0.1) is 12.7 Å². The molecule has 2 aromatic carbocycles. The number of ether oxygens (including phenoxy) is 2. The number of hydrogen-bond acceptors (Lipinski definition) is 6. The lowest BCUT2D eigenvalue weighted by Crippen LogP contribution is -2.01. The van der Waals surface area contributed by atoms with E-state index in [0.29, 0.717) is 22.6 Å².